The topological polar surface area (TPSA) is 49.9 Å². The number of nitrogens with one attached hydrogen (secondary N) is 1. The van der Waals surface area contributed by atoms with Gasteiger partial charge in [-0.15, -0.1) is 0 Å². The summed E-state index contributed by atoms with van der Waals surface area (Å²) >= 11 is 0. The van der Waals surface area contributed by atoms with Gasteiger partial charge in [-0.3, -0.25) is 0 Å². The Morgan fingerprint density at radius 2 is 1.04 bits per heavy atom. The largest absolute Gasteiger partial charge is 0.456 e. The number of benzene rings is 7. The van der Waals surface area contributed by atoms with Crippen LogP contribution in [0.3, 0.4) is 0 Å². The summed E-state index contributed by atoms with van der Waals surface area (Å²) in [4.78, 5) is 10.6. The SMILES string of the molecule is c1ccc(C2=NC(c3cc(-c4ccc(-c5ccccc5)cc4)cc4oc5ccccc5c34)N=C(c3cccc4ccccc34)N2)cc1. The lowest BCUT2D eigenvalue weighted by atomic mass is 9.95. The predicted molar refractivity (Wildman–Crippen MR) is 194 cm³/mol. The van der Waals surface area contributed by atoms with Gasteiger partial charge in [0.15, 0.2) is 6.17 Å². The van der Waals surface area contributed by atoms with Crippen molar-refractivity contribution in [2.24, 2.45) is 9.98 Å². The van der Waals surface area contributed by atoms with E-state index in [2.05, 4.69) is 133 Å². The molecule has 4 nitrogen and oxygen atoms in total. The van der Waals surface area contributed by atoms with E-state index >= 15 is 0 Å². The van der Waals surface area contributed by atoms with Crippen molar-refractivity contribution in [3.63, 3.8) is 0 Å². The van der Waals surface area contributed by atoms with Crippen molar-refractivity contribution in [1.82, 2.24) is 5.32 Å². The second-order valence-corrected chi connectivity index (χ2v) is 11.8. The fraction of sp³-hybridized carbons (Fsp3) is 0.0233. The van der Waals surface area contributed by atoms with Crippen LogP contribution in [0.1, 0.15) is 22.9 Å². The molecule has 9 rings (SSSR count). The summed E-state index contributed by atoms with van der Waals surface area (Å²) in [5, 5.41) is 8.00. The van der Waals surface area contributed by atoms with Gasteiger partial charge in [0.05, 0.1) is 0 Å². The van der Waals surface area contributed by atoms with Crippen molar-refractivity contribution < 1.29 is 4.42 Å². The monoisotopic (exact) mass is 603 g/mol. The van der Waals surface area contributed by atoms with E-state index in [1.165, 1.54) is 16.5 Å². The Hall–Kier alpha value is -6.26. The van der Waals surface area contributed by atoms with Gasteiger partial charge in [-0.1, -0.05) is 146 Å². The molecule has 8 aromatic rings. The zero-order valence-corrected chi connectivity index (χ0v) is 25.5. The molecule has 0 bridgehead atoms. The Bertz CT molecular complexity index is 2470. The minimum atomic E-state index is -0.507. The highest BCUT2D eigenvalue weighted by molar-refractivity contribution is 6.20. The third-order valence-corrected chi connectivity index (χ3v) is 8.94. The zero-order valence-electron chi connectivity index (χ0n) is 25.5. The van der Waals surface area contributed by atoms with Crippen LogP contribution in [0.15, 0.2) is 178 Å². The number of rotatable bonds is 5. The third-order valence-electron chi connectivity index (χ3n) is 8.94. The number of aliphatic imine (C=N–C) groups is 2. The van der Waals surface area contributed by atoms with Gasteiger partial charge < -0.3 is 9.73 Å². The second kappa shape index (κ2) is 11.3. The minimum Gasteiger partial charge on any atom is -0.456 e. The van der Waals surface area contributed by atoms with Gasteiger partial charge in [-0.05, 0) is 51.2 Å². The molecular formula is C43H29N3O. The van der Waals surface area contributed by atoms with E-state index in [1.54, 1.807) is 0 Å². The highest BCUT2D eigenvalue weighted by Gasteiger charge is 2.25. The molecule has 0 spiro atoms. The van der Waals surface area contributed by atoms with E-state index in [0.29, 0.717) is 0 Å². The lowest BCUT2D eigenvalue weighted by molar-refractivity contribution is 0.668. The van der Waals surface area contributed by atoms with Crippen LogP contribution in [-0.4, -0.2) is 11.7 Å². The molecular weight excluding hydrogens is 574 g/mol. The number of fused-ring (bicyclic) bond motifs is 4. The molecule has 1 aliphatic heterocycles. The molecule has 47 heavy (non-hydrogen) atoms. The van der Waals surface area contributed by atoms with Gasteiger partial charge in [-0.2, -0.15) is 0 Å². The number of nitrogens with zero attached hydrogens (tertiary/aromatic N) is 2. The van der Waals surface area contributed by atoms with E-state index in [-0.39, 0.29) is 0 Å². The summed E-state index contributed by atoms with van der Waals surface area (Å²) in [5.41, 5.74) is 9.25. The Morgan fingerprint density at radius 3 is 1.83 bits per heavy atom. The molecule has 0 saturated carbocycles. The fourth-order valence-electron chi connectivity index (χ4n) is 6.64. The van der Waals surface area contributed by atoms with Crippen LogP contribution in [0.5, 0.6) is 0 Å². The number of furan rings is 1. The van der Waals surface area contributed by atoms with Crippen LogP contribution in [0.4, 0.5) is 0 Å². The average molecular weight is 604 g/mol. The maximum Gasteiger partial charge on any atom is 0.170 e. The summed E-state index contributed by atoms with van der Waals surface area (Å²) in [7, 11) is 0. The van der Waals surface area contributed by atoms with Crippen molar-refractivity contribution in [3.8, 4) is 22.3 Å². The zero-order chi connectivity index (χ0) is 31.2. The van der Waals surface area contributed by atoms with Gasteiger partial charge in [-0.25, -0.2) is 9.98 Å². The summed E-state index contributed by atoms with van der Waals surface area (Å²) < 4.78 is 6.51. The van der Waals surface area contributed by atoms with E-state index < -0.39 is 6.17 Å². The number of para-hydroxylation sites is 1. The van der Waals surface area contributed by atoms with E-state index in [0.717, 1.165) is 66.8 Å². The lowest BCUT2D eigenvalue weighted by Gasteiger charge is -2.24. The Morgan fingerprint density at radius 1 is 0.447 bits per heavy atom. The predicted octanol–water partition coefficient (Wildman–Crippen LogP) is 10.6. The van der Waals surface area contributed by atoms with Gasteiger partial charge in [0.2, 0.25) is 0 Å². The maximum absolute atomic E-state index is 6.51. The summed E-state index contributed by atoms with van der Waals surface area (Å²) in [5.74, 6) is 1.58. The van der Waals surface area contributed by atoms with Crippen LogP contribution in [0.25, 0.3) is 55.0 Å². The van der Waals surface area contributed by atoms with Crippen LogP contribution < -0.4 is 5.32 Å². The number of amidine groups is 2. The van der Waals surface area contributed by atoms with Crippen molar-refractivity contribution >= 4 is 44.4 Å². The molecule has 1 N–H and O–H groups in total. The summed E-state index contributed by atoms with van der Waals surface area (Å²) in [6.45, 7) is 0. The molecule has 0 radical (unpaired) electrons. The van der Waals surface area contributed by atoms with Gasteiger partial charge in [0.25, 0.3) is 0 Å². The van der Waals surface area contributed by atoms with Crippen molar-refractivity contribution in [2.75, 3.05) is 0 Å². The minimum absolute atomic E-state index is 0.507. The molecule has 0 amide bonds. The molecule has 1 aliphatic rings. The standard InChI is InChI=1S/C43H29N3O/c1-3-12-28(13-4-1)29-22-24-30(25-23-29)33-26-37(40-36-19-9-10-21-38(36)47-39(40)27-33)43-45-41(32-15-5-2-6-16-32)44-42(46-43)35-20-11-17-31-14-7-8-18-34(31)35/h1-27,43H,(H,44,45,46). The number of hydrogen-bond donors (Lipinski definition) is 1. The smallest absolute Gasteiger partial charge is 0.170 e. The highest BCUT2D eigenvalue weighted by atomic mass is 16.3. The first-order chi connectivity index (χ1) is 23.3. The molecule has 0 saturated heterocycles. The normalized spacial score (nSPS) is 14.6. The van der Waals surface area contributed by atoms with E-state index in [9.17, 15) is 0 Å². The molecule has 1 unspecified atom stereocenters. The molecule has 2 heterocycles. The summed E-state index contributed by atoms with van der Waals surface area (Å²) in [6, 6.07) is 56.9. The van der Waals surface area contributed by atoms with Crippen molar-refractivity contribution in [2.45, 2.75) is 6.17 Å². The molecule has 222 valence electrons. The average Bonchev–Trinajstić information content (AvgIpc) is 3.53. The van der Waals surface area contributed by atoms with Crippen LogP contribution in [0, 0.1) is 0 Å². The summed E-state index contributed by atoms with van der Waals surface area (Å²) in [6.07, 6.45) is -0.507. The van der Waals surface area contributed by atoms with E-state index in [4.69, 9.17) is 14.4 Å². The molecule has 1 atom stereocenters. The third kappa shape index (κ3) is 4.88. The van der Waals surface area contributed by atoms with Gasteiger partial charge >= 0.3 is 0 Å². The maximum atomic E-state index is 6.51. The quantitative estimate of drug-likeness (QED) is 0.213. The fourth-order valence-corrected chi connectivity index (χ4v) is 6.64. The van der Waals surface area contributed by atoms with E-state index in [1.807, 2.05) is 36.4 Å². The molecule has 1 aromatic heterocycles. The first-order valence-electron chi connectivity index (χ1n) is 15.9. The molecule has 0 aliphatic carbocycles. The molecule has 4 heteroatoms. The van der Waals surface area contributed by atoms with Crippen LogP contribution >= 0.6 is 0 Å². The van der Waals surface area contributed by atoms with Gasteiger partial charge in [0.1, 0.15) is 22.8 Å². The Balaban J connectivity index is 1.26. The van der Waals surface area contributed by atoms with Crippen LogP contribution in [0.2, 0.25) is 0 Å². The first-order valence-corrected chi connectivity index (χ1v) is 15.9. The number of hydrogen-bond acceptors (Lipinski definition) is 4. The van der Waals surface area contributed by atoms with Crippen molar-refractivity contribution in [3.05, 3.63) is 180 Å². The highest BCUT2D eigenvalue weighted by Crippen LogP contribution is 2.40. The van der Waals surface area contributed by atoms with Gasteiger partial charge in [0, 0.05) is 27.5 Å². The van der Waals surface area contributed by atoms with Crippen LogP contribution in [-0.2, 0) is 0 Å². The molecule has 0 fully saturated rings. The Labute approximate surface area is 272 Å². The Kier molecular flexibility index (Phi) is 6.50. The van der Waals surface area contributed by atoms with Crippen molar-refractivity contribution in [1.29, 1.82) is 0 Å². The first kappa shape index (κ1) is 27.1. The second-order valence-electron chi connectivity index (χ2n) is 11.8. The molecule has 7 aromatic carbocycles. The lowest BCUT2D eigenvalue weighted by Crippen LogP contribution is -2.36.